The Labute approximate surface area is 295 Å². The lowest BCUT2D eigenvalue weighted by molar-refractivity contribution is -0.255. The molecule has 0 spiro atoms. The third kappa shape index (κ3) is 4.84. The molecule has 11 atom stereocenters. The zero-order valence-corrected chi connectivity index (χ0v) is 31.9. The van der Waals surface area contributed by atoms with Gasteiger partial charge in [-0.25, -0.2) is 9.67 Å². The highest BCUT2D eigenvalue weighted by molar-refractivity contribution is 9.10. The SMILES string of the molecule is CC(C)[C@@H](C)[C@@]1(C)CC[C@]2(C)[C@H]3CC[C@@H]4[C@@]5(C)COC[C@@]4(C3=CC[C@@]2(C)[C@@H]1C(=O)O)[C@@H](OCC1(N)CCOCC1)[C@H](n1ncnc1Br)C5. The maximum absolute atomic E-state index is 13.5. The maximum atomic E-state index is 13.5. The Morgan fingerprint density at radius 1 is 1.08 bits per heavy atom. The van der Waals surface area contributed by atoms with Crippen molar-refractivity contribution in [3.63, 3.8) is 0 Å². The largest absolute Gasteiger partial charge is 0.481 e. The molecule has 3 saturated carbocycles. The van der Waals surface area contributed by atoms with Crippen molar-refractivity contribution in [3.8, 4) is 0 Å². The van der Waals surface area contributed by atoms with Gasteiger partial charge in [-0.3, -0.25) is 4.79 Å². The monoisotopic (exact) mass is 730 g/mol. The average Bonchev–Trinajstić information content (AvgIpc) is 3.46. The molecule has 10 heteroatoms. The number of ether oxygens (including phenoxy) is 3. The Morgan fingerprint density at radius 3 is 2.46 bits per heavy atom. The molecular formula is C38H59BrN4O5. The molecule has 3 N–H and O–H groups in total. The molecule has 2 aliphatic heterocycles. The molecule has 0 amide bonds. The summed E-state index contributed by atoms with van der Waals surface area (Å²) < 4.78 is 22.5. The van der Waals surface area contributed by atoms with Crippen LogP contribution in [0, 0.1) is 56.7 Å². The summed E-state index contributed by atoms with van der Waals surface area (Å²) >= 11 is 3.72. The number of hydrogen-bond acceptors (Lipinski definition) is 7. The van der Waals surface area contributed by atoms with E-state index < -0.39 is 17.4 Å². The number of hydrogen-bond donors (Lipinski definition) is 2. The molecule has 1 aromatic heterocycles. The van der Waals surface area contributed by atoms with E-state index in [1.54, 1.807) is 6.33 Å². The Morgan fingerprint density at radius 2 is 1.81 bits per heavy atom. The molecule has 7 rings (SSSR count). The zero-order chi connectivity index (χ0) is 34.5. The quantitative estimate of drug-likeness (QED) is 0.286. The second-order valence-electron chi connectivity index (χ2n) is 18.3. The number of carbonyl (C=O) groups is 1. The van der Waals surface area contributed by atoms with Crippen LogP contribution in [0.4, 0.5) is 0 Å². The van der Waals surface area contributed by atoms with Gasteiger partial charge in [0, 0.05) is 24.2 Å². The number of carboxylic acid groups (broad SMARTS) is 1. The summed E-state index contributed by atoms with van der Waals surface area (Å²) in [6, 6.07) is -0.0514. The highest BCUT2D eigenvalue weighted by Gasteiger charge is 2.72. The number of aliphatic carboxylic acids is 1. The van der Waals surface area contributed by atoms with Crippen molar-refractivity contribution in [2.24, 2.45) is 62.4 Å². The second-order valence-corrected chi connectivity index (χ2v) is 19.0. The van der Waals surface area contributed by atoms with Gasteiger partial charge in [-0.2, -0.15) is 5.10 Å². The van der Waals surface area contributed by atoms with Crippen molar-refractivity contribution < 1.29 is 24.1 Å². The van der Waals surface area contributed by atoms with E-state index in [9.17, 15) is 9.90 Å². The van der Waals surface area contributed by atoms with Gasteiger partial charge in [-0.05, 0) is 113 Å². The van der Waals surface area contributed by atoms with Crippen molar-refractivity contribution in [2.75, 3.05) is 33.0 Å². The predicted octanol–water partition coefficient (Wildman–Crippen LogP) is 7.06. The third-order valence-electron chi connectivity index (χ3n) is 15.9. The summed E-state index contributed by atoms with van der Waals surface area (Å²) in [5.41, 5.74) is 6.75. The summed E-state index contributed by atoms with van der Waals surface area (Å²) in [5, 5.41) is 15.9. The number of rotatable bonds is 7. The Kier molecular flexibility index (Phi) is 8.67. The van der Waals surface area contributed by atoms with E-state index in [-0.39, 0.29) is 45.1 Å². The number of allylic oxidation sites excluding steroid dienone is 1. The molecular weight excluding hydrogens is 672 g/mol. The van der Waals surface area contributed by atoms with Gasteiger partial charge in [-0.15, -0.1) is 0 Å². The lowest BCUT2D eigenvalue weighted by atomic mass is 9.34. The van der Waals surface area contributed by atoms with Crippen LogP contribution in [-0.2, 0) is 19.0 Å². The molecule has 5 fully saturated rings. The minimum Gasteiger partial charge on any atom is -0.481 e. The van der Waals surface area contributed by atoms with E-state index in [1.165, 1.54) is 5.57 Å². The van der Waals surface area contributed by atoms with Gasteiger partial charge >= 0.3 is 5.97 Å². The van der Waals surface area contributed by atoms with Gasteiger partial charge in [0.15, 0.2) is 4.73 Å². The molecule has 0 radical (unpaired) electrons. The van der Waals surface area contributed by atoms with Crippen LogP contribution in [-0.4, -0.2) is 70.5 Å². The fourth-order valence-corrected chi connectivity index (χ4v) is 13.2. The van der Waals surface area contributed by atoms with Crippen LogP contribution in [0.1, 0.15) is 106 Å². The van der Waals surface area contributed by atoms with Crippen molar-refractivity contribution in [3.05, 3.63) is 22.7 Å². The lowest BCUT2D eigenvalue weighted by Crippen LogP contribution is -2.70. The molecule has 268 valence electrons. The van der Waals surface area contributed by atoms with Crippen LogP contribution < -0.4 is 5.73 Å². The van der Waals surface area contributed by atoms with Crippen LogP contribution in [0.2, 0.25) is 0 Å². The zero-order valence-electron chi connectivity index (χ0n) is 30.3. The highest BCUT2D eigenvalue weighted by atomic mass is 79.9. The van der Waals surface area contributed by atoms with Crippen LogP contribution in [0.15, 0.2) is 22.7 Å². The van der Waals surface area contributed by atoms with E-state index in [4.69, 9.17) is 25.0 Å². The summed E-state index contributed by atoms with van der Waals surface area (Å²) in [6.07, 6.45) is 11.2. The van der Waals surface area contributed by atoms with Gasteiger partial charge in [-0.1, -0.05) is 60.1 Å². The number of fused-ring (bicyclic) bond motifs is 3. The summed E-state index contributed by atoms with van der Waals surface area (Å²) in [5.74, 6) is 0.296. The van der Waals surface area contributed by atoms with Crippen molar-refractivity contribution in [1.29, 1.82) is 0 Å². The van der Waals surface area contributed by atoms with Crippen molar-refractivity contribution in [1.82, 2.24) is 14.8 Å². The van der Waals surface area contributed by atoms with E-state index in [0.29, 0.717) is 55.5 Å². The second kappa shape index (κ2) is 11.9. The Bertz CT molecular complexity index is 1440. The van der Waals surface area contributed by atoms with Crippen LogP contribution >= 0.6 is 15.9 Å². The Hall–Kier alpha value is -1.33. The van der Waals surface area contributed by atoms with Gasteiger partial charge in [0.1, 0.15) is 6.33 Å². The summed E-state index contributed by atoms with van der Waals surface area (Å²) in [7, 11) is 0. The first-order chi connectivity index (χ1) is 22.6. The van der Waals surface area contributed by atoms with Gasteiger partial charge in [0.2, 0.25) is 0 Å². The summed E-state index contributed by atoms with van der Waals surface area (Å²) in [6.45, 7) is 19.3. The standard InChI is InChI=1S/C38H59BrN4O5/c1-23(2)24(3)34(5)12-13-35(6)25-8-9-28-33(4)18-27(43-32(39)41-22-42-43)30(48-20-37(40)14-16-46-17-15-37)38(28,21-47-19-33)26(25)10-11-36(35,7)29(34)31(44)45/h10,22-25,27-30H,8-9,11-21,40H2,1-7H3,(H,44,45)/t24-,25+,27-,28-,29-,30+,33-,34-,35-,36+,38+/m1/s1. The number of nitrogens with zero attached hydrogens (tertiary/aromatic N) is 3. The molecule has 6 aliphatic rings. The van der Waals surface area contributed by atoms with Gasteiger partial charge in [0.25, 0.3) is 0 Å². The number of aromatic nitrogens is 3. The first kappa shape index (κ1) is 35.1. The highest BCUT2D eigenvalue weighted by Crippen LogP contribution is 2.75. The molecule has 9 nitrogen and oxygen atoms in total. The first-order valence-electron chi connectivity index (χ1n) is 18.6. The van der Waals surface area contributed by atoms with E-state index >= 15 is 0 Å². The number of nitrogens with two attached hydrogens (primary N) is 1. The molecule has 48 heavy (non-hydrogen) atoms. The van der Waals surface area contributed by atoms with Gasteiger partial charge in [0.05, 0.1) is 37.9 Å². The van der Waals surface area contributed by atoms with Crippen molar-refractivity contribution >= 4 is 21.9 Å². The fourth-order valence-electron chi connectivity index (χ4n) is 12.7. The van der Waals surface area contributed by atoms with E-state index in [0.717, 1.165) is 51.4 Å². The minimum absolute atomic E-state index is 0.0514. The molecule has 3 heterocycles. The number of halogens is 1. The summed E-state index contributed by atoms with van der Waals surface area (Å²) in [4.78, 5) is 18.0. The van der Waals surface area contributed by atoms with E-state index in [1.807, 2.05) is 4.68 Å². The molecule has 0 unspecified atom stereocenters. The number of carboxylic acids is 1. The first-order valence-corrected chi connectivity index (χ1v) is 19.4. The molecule has 4 aliphatic carbocycles. The van der Waals surface area contributed by atoms with Crippen molar-refractivity contribution in [2.45, 2.75) is 118 Å². The normalized spacial score (nSPS) is 45.8. The Balaban J connectivity index is 1.37. The fraction of sp³-hybridized carbons (Fsp3) is 0.868. The van der Waals surface area contributed by atoms with E-state index in [2.05, 4.69) is 75.5 Å². The third-order valence-corrected chi connectivity index (χ3v) is 16.5. The van der Waals surface area contributed by atoms with Gasteiger partial charge < -0.3 is 25.1 Å². The average molecular weight is 732 g/mol. The van der Waals surface area contributed by atoms with Crippen LogP contribution in [0.5, 0.6) is 0 Å². The molecule has 2 bridgehead atoms. The maximum Gasteiger partial charge on any atom is 0.307 e. The predicted molar refractivity (Wildman–Crippen MR) is 187 cm³/mol. The molecule has 1 aromatic rings. The molecule has 0 aromatic carbocycles. The topological polar surface area (TPSA) is 122 Å². The van der Waals surface area contributed by atoms with Crippen LogP contribution in [0.3, 0.4) is 0 Å². The minimum atomic E-state index is -0.629. The molecule has 2 saturated heterocycles. The van der Waals surface area contributed by atoms with Crippen LogP contribution in [0.25, 0.3) is 0 Å². The smallest absolute Gasteiger partial charge is 0.307 e. The lowest BCUT2D eigenvalue weighted by Gasteiger charge is -2.71.